The van der Waals surface area contributed by atoms with Crippen molar-refractivity contribution in [3.05, 3.63) is 36.4 Å². The van der Waals surface area contributed by atoms with E-state index < -0.39 is 309 Å². The van der Waals surface area contributed by atoms with Crippen LogP contribution in [0.15, 0.2) is 25.0 Å². The van der Waals surface area contributed by atoms with E-state index in [0.717, 1.165) is 45.1 Å². The Morgan fingerprint density at radius 3 is 1.43 bits per heavy atom. The molecule has 4 bridgehead atoms. The fourth-order valence-corrected chi connectivity index (χ4v) is 18.1. The zero-order valence-corrected chi connectivity index (χ0v) is 85.4. The van der Waals surface area contributed by atoms with E-state index in [2.05, 4.69) is 116 Å². The third-order valence-electron chi connectivity index (χ3n) is 23.7. The molecule has 0 unspecified atom stereocenters. The quantitative estimate of drug-likeness (QED) is 0.0236. The van der Waals surface area contributed by atoms with Gasteiger partial charge < -0.3 is 153 Å². The predicted octanol–water partition coefficient (Wildman–Crippen LogP) is -10.8. The van der Waals surface area contributed by atoms with Crippen LogP contribution in [0, 0.1) is 34.5 Å². The summed E-state index contributed by atoms with van der Waals surface area (Å²) in [4.78, 5) is 309. The first-order valence-corrected chi connectivity index (χ1v) is 51.3. The van der Waals surface area contributed by atoms with Crippen LogP contribution in [0.2, 0.25) is 0 Å². The summed E-state index contributed by atoms with van der Waals surface area (Å²) in [6, 6.07) is -27.0. The molecule has 808 valence electrons. The van der Waals surface area contributed by atoms with Crippen molar-refractivity contribution < 1.29 is 111 Å². The average Bonchev–Trinajstić information content (AvgIpc) is 1.81. The first-order valence-electron chi connectivity index (χ1n) is 47.8. The number of guanidine groups is 2. The molecule has 33 N–H and O–H groups in total. The van der Waals surface area contributed by atoms with Gasteiger partial charge >= 0.3 is 0 Å². The molecule has 4 fully saturated rings. The number of hydrogen-bond donors (Lipinski definition) is 29. The summed E-state index contributed by atoms with van der Waals surface area (Å²) < 4.78 is 0. The lowest BCUT2D eigenvalue weighted by Gasteiger charge is -2.42. The van der Waals surface area contributed by atoms with E-state index >= 15 is 19.2 Å². The highest BCUT2D eigenvalue weighted by atomic mass is 32.2. The number of H-pyrrole nitrogens is 2. The van der Waals surface area contributed by atoms with Crippen LogP contribution < -0.4 is 119 Å². The van der Waals surface area contributed by atoms with Gasteiger partial charge in [-0.15, -0.1) is 0 Å². The minimum absolute atomic E-state index is 0.0134. The van der Waals surface area contributed by atoms with Gasteiger partial charge in [0.1, 0.15) is 96.7 Å². The zero-order chi connectivity index (χ0) is 108. The van der Waals surface area contributed by atoms with Crippen molar-refractivity contribution in [2.24, 2.45) is 46.6 Å². The van der Waals surface area contributed by atoms with E-state index in [-0.39, 0.29) is 136 Å². The number of rotatable bonds is 26. The molecule has 6 heterocycles. The minimum atomic E-state index is -1.96. The number of carbonyl (C=O) groups excluding carboxylic acids is 20. The highest BCUT2D eigenvalue weighted by Crippen LogP contribution is 2.25. The molecule has 4 aliphatic heterocycles. The van der Waals surface area contributed by atoms with Crippen LogP contribution >= 0.6 is 35.3 Å². The van der Waals surface area contributed by atoms with Crippen molar-refractivity contribution in [3.63, 3.8) is 0 Å². The molecule has 2 aromatic heterocycles. The molecule has 145 heavy (non-hydrogen) atoms. The SMILES string of the molecule is CC[C@H](C)[C@@H]1NC(=O)[C@H](CCCNC(=N)N)NC(=O)[C@@H]2CCCN2C(=O)[C@H](CC(C)C)NC(=O)[C@H](CC(C)C)NC(=O)[C@H](CO)NC(=O)[C@H](CO)NNC(=O)[C@@H]2CSCCC(=O)N3CN(CN(C3)C(=O)CCSC[C@@H](C(=O)N[C@@H](C)C(N)=O)NC(=O)[C@H](Cc3c[nH]cn3)NC1=O)C(=O)CCSC[C@H](NC(=O)[C@H](C)N)C(=O)N[C@@H](C(C)C)C(=O)N[C@@H](CCNC(=N)N)C(=O)N[C@@H](CO)C(=O)N[C@@H](Cc1c[nH]cn1)C(=O)N2. The van der Waals surface area contributed by atoms with Gasteiger partial charge in [0.2, 0.25) is 112 Å². The summed E-state index contributed by atoms with van der Waals surface area (Å²) in [5.74, 6) is -24.1. The molecule has 55 nitrogen and oxygen atoms in total. The summed E-state index contributed by atoms with van der Waals surface area (Å²) in [6.45, 7) is 10.7. The number of carbonyl (C=O) groups is 20. The Morgan fingerprint density at radius 2 is 0.924 bits per heavy atom. The molecule has 0 aliphatic carbocycles. The van der Waals surface area contributed by atoms with Crippen LogP contribution in [0.3, 0.4) is 0 Å². The number of nitrogens with one attached hydrogen (secondary N) is 22. The summed E-state index contributed by atoms with van der Waals surface area (Å²) in [7, 11) is 0. The van der Waals surface area contributed by atoms with E-state index in [1.165, 1.54) is 62.5 Å². The molecule has 20 amide bonds. The maximum absolute atomic E-state index is 15.1. The van der Waals surface area contributed by atoms with Crippen molar-refractivity contribution >= 4 is 165 Å². The first-order chi connectivity index (χ1) is 68.7. The number of aromatic amines is 2. The third-order valence-corrected chi connectivity index (χ3v) is 26.8. The van der Waals surface area contributed by atoms with Gasteiger partial charge in [0.25, 0.3) is 5.91 Å². The molecule has 4 aliphatic rings. The van der Waals surface area contributed by atoms with Crippen molar-refractivity contribution in [1.82, 2.24) is 135 Å². The number of nitrogens with two attached hydrogens (primary N) is 4. The highest BCUT2D eigenvalue weighted by Gasteiger charge is 2.44. The second-order valence-electron chi connectivity index (χ2n) is 36.7. The fraction of sp³-hybridized carbons (Fsp3) is 0.678. The zero-order valence-electron chi connectivity index (χ0n) is 83.0. The number of nitrogens with zero attached hydrogens (tertiary/aromatic N) is 6. The lowest BCUT2D eigenvalue weighted by atomic mass is 9.96. The van der Waals surface area contributed by atoms with Gasteiger partial charge in [0.15, 0.2) is 11.9 Å². The van der Waals surface area contributed by atoms with Crippen LogP contribution in [-0.4, -0.2) is 382 Å². The van der Waals surface area contributed by atoms with Gasteiger partial charge in [-0.25, -0.2) is 15.4 Å². The van der Waals surface area contributed by atoms with Crippen molar-refractivity contribution in [2.75, 3.05) is 94.0 Å². The van der Waals surface area contributed by atoms with Gasteiger partial charge in [-0.3, -0.25) is 112 Å². The number of fused-ring (bicyclic) bond motifs is 8. The van der Waals surface area contributed by atoms with Crippen LogP contribution in [0.25, 0.3) is 0 Å². The predicted molar refractivity (Wildman–Crippen MR) is 529 cm³/mol. The molecule has 0 aromatic carbocycles. The molecule has 4 saturated heterocycles. The number of thioether (sulfide) groups is 3. The largest absolute Gasteiger partial charge is 0.394 e. The number of amides is 20. The highest BCUT2D eigenvalue weighted by molar-refractivity contribution is 7.99. The van der Waals surface area contributed by atoms with Gasteiger partial charge in [-0.2, -0.15) is 35.3 Å². The second kappa shape index (κ2) is 60.8. The summed E-state index contributed by atoms with van der Waals surface area (Å²) in [5.41, 5.74) is 27.6. The Hall–Kier alpha value is -12.8. The van der Waals surface area contributed by atoms with Gasteiger partial charge in [-0.05, 0) is 82.5 Å². The van der Waals surface area contributed by atoms with Crippen LogP contribution in [0.1, 0.15) is 151 Å². The molecule has 0 saturated carbocycles. The van der Waals surface area contributed by atoms with E-state index in [4.69, 9.17) is 33.8 Å². The molecule has 58 heteroatoms. The molecule has 0 spiro atoms. The third kappa shape index (κ3) is 39.9. The molecule has 0 radical (unpaired) electrons. The van der Waals surface area contributed by atoms with Crippen molar-refractivity contribution in [3.8, 4) is 0 Å². The molecular formula is C87H144N32O23S3. The number of imidazole rings is 2. The Morgan fingerprint density at radius 1 is 0.490 bits per heavy atom. The normalized spacial score (nSPS) is 25.9. The summed E-state index contributed by atoms with van der Waals surface area (Å²) in [5, 5.41) is 88.9. The molecule has 18 atom stereocenters. The lowest BCUT2D eigenvalue weighted by Crippen LogP contribution is -2.63. The van der Waals surface area contributed by atoms with Crippen molar-refractivity contribution in [1.29, 1.82) is 10.8 Å². The Bertz CT molecular complexity index is 4770. The second-order valence-corrected chi connectivity index (χ2v) is 40.2. The Kier molecular flexibility index (Phi) is 50.7. The molecule has 6 rings (SSSR count). The van der Waals surface area contributed by atoms with Crippen LogP contribution in [0.4, 0.5) is 0 Å². The van der Waals surface area contributed by atoms with Gasteiger partial charge in [-0.1, -0.05) is 61.8 Å². The number of aliphatic hydroxyl groups excluding tert-OH is 3. The number of hydrazine groups is 1. The Balaban J connectivity index is 1.49. The topological polar surface area (TPSA) is 841 Å². The fourth-order valence-electron chi connectivity index (χ4n) is 15.2. The maximum Gasteiger partial charge on any atom is 0.257 e. The number of aromatic nitrogens is 4. The lowest BCUT2D eigenvalue weighted by molar-refractivity contribution is -0.158. The van der Waals surface area contributed by atoms with Crippen molar-refractivity contribution in [2.45, 2.75) is 255 Å². The average molecular weight is 2100 g/mol. The monoisotopic (exact) mass is 2100 g/mol. The molecular weight excluding hydrogens is 1960 g/mol. The molecule has 2 aromatic rings. The maximum atomic E-state index is 15.1. The van der Waals surface area contributed by atoms with Gasteiger partial charge in [0, 0.05) is 98.6 Å². The van der Waals surface area contributed by atoms with Gasteiger partial charge in [0.05, 0.1) is 69.9 Å². The smallest absolute Gasteiger partial charge is 0.257 e. The number of hydrogen-bond acceptors (Lipinski definition) is 32. The van der Waals surface area contributed by atoms with E-state index in [0.29, 0.717) is 0 Å². The van der Waals surface area contributed by atoms with Crippen LogP contribution in [-0.2, 0) is 109 Å². The van der Waals surface area contributed by atoms with E-state index in [9.17, 15) is 92.0 Å². The Labute approximate surface area is 851 Å². The van der Waals surface area contributed by atoms with E-state index in [1.54, 1.807) is 41.5 Å². The first kappa shape index (κ1) is 121. The van der Waals surface area contributed by atoms with E-state index in [1.807, 2.05) is 0 Å². The number of aliphatic hydroxyl groups is 3. The van der Waals surface area contributed by atoms with Crippen LogP contribution in [0.5, 0.6) is 0 Å². The summed E-state index contributed by atoms with van der Waals surface area (Å²) in [6.07, 6.45) is 3.09. The number of primary amides is 1. The standard InChI is InChI=1S/C87H144N32O23S3/c1-11-46(8)68-84(141)105-55(29-50-31-95-39-99-50)75(132)110-60(79(136)100-48(10)69(89)126)35-143-23-17-64(123)116-40-117-42-118(41-116)66(125)19-25-145-37-62(111-74(131)54(28-49-30-94-38-98-49)104-77(134)57(32-120)107-71(128)52(16-21-97-87(92)93)102-83(140)67(45(6)7)112-80(137)61(109-70(127)47(9)88)36-144-24-18-65(117)124)81(138)115-114-59(34-122)78(135)108-58(33-121)76(133)103-53(26-43(2)3)73(130)106-56(27-44(4)5)85(142)119-22-13-15-63(119)82(139)101-51(72(129)113-68)14-12-20-96-86(90)91/h30-31,38-39,43-48,51-63,67-68,114,120-122H,11-29,32-37,40-42,88H2,1-10H3,(H2,89,126)(H,94,98)(H,95,99)(H,100,136)(H,101,139)(H,102,140)(H,103,133)(H,104,134)(H,105,141)(H,106,130)(H,107,128)(H,108,135)(H,109,127)(H,110,132)(H,111,131)(H,112,137)(H,113,129)(H,115,138)(H4,90,91,96)(H4,92,93,97)/t46-,47-,48-,51-,52-,53-,54-,55-,56-,57-,58-,59-,60-,61-,62-,63-,67-,68-/m0/s1. The summed E-state index contributed by atoms with van der Waals surface area (Å²) >= 11 is 2.77. The minimum Gasteiger partial charge on any atom is -0.394 e.